The minimum atomic E-state index is -0.295. The van der Waals surface area contributed by atoms with Crippen LogP contribution in [-0.4, -0.2) is 24.8 Å². The van der Waals surface area contributed by atoms with Crippen molar-refractivity contribution < 1.29 is 14.6 Å². The van der Waals surface area contributed by atoms with Gasteiger partial charge in [-0.2, -0.15) is 0 Å². The highest BCUT2D eigenvalue weighted by molar-refractivity contribution is 5.77. The average molecular weight is 335 g/mol. The second-order valence-electron chi connectivity index (χ2n) is 9.96. The highest BCUT2D eigenvalue weighted by Gasteiger charge is 2.65. The van der Waals surface area contributed by atoms with Crippen LogP contribution in [0.2, 0.25) is 0 Å². The summed E-state index contributed by atoms with van der Waals surface area (Å²) < 4.78 is 5.25. The molecule has 0 aromatic rings. The minimum Gasteiger partial charge on any atom is -0.469 e. The molecule has 0 aliphatic heterocycles. The van der Waals surface area contributed by atoms with Crippen LogP contribution in [0.4, 0.5) is 0 Å². The molecule has 0 amide bonds. The molecule has 1 N–H and O–H groups in total. The van der Waals surface area contributed by atoms with Crippen LogP contribution in [0.1, 0.15) is 71.6 Å². The van der Waals surface area contributed by atoms with Gasteiger partial charge in [0.15, 0.2) is 0 Å². The molecule has 5 fully saturated rings. The van der Waals surface area contributed by atoms with Crippen molar-refractivity contribution in [2.24, 2.45) is 39.9 Å². The summed E-state index contributed by atoms with van der Waals surface area (Å²) in [6.45, 7) is 5.05. The Balaban J connectivity index is 1.70. The van der Waals surface area contributed by atoms with Crippen molar-refractivity contribution in [2.75, 3.05) is 13.7 Å². The second-order valence-corrected chi connectivity index (χ2v) is 9.96. The number of carbonyl (C=O) groups excluding carboxylic acids is 1. The van der Waals surface area contributed by atoms with E-state index in [1.54, 1.807) is 7.11 Å². The van der Waals surface area contributed by atoms with Gasteiger partial charge in [-0.25, -0.2) is 0 Å². The van der Waals surface area contributed by atoms with Gasteiger partial charge >= 0.3 is 5.97 Å². The van der Waals surface area contributed by atoms with Crippen LogP contribution in [-0.2, 0) is 9.53 Å². The van der Waals surface area contributed by atoms with E-state index in [-0.39, 0.29) is 16.8 Å². The standard InChI is InChI=1S/C21H34O3/c1-19-7-4-8-20(2,18(23)24-3)16(19)6-10-21-9-5-14(11-17(19)21)15(12-21)13-22/h14-17,22H,4-13H2,1-3H3. The fraction of sp³-hybridized carbons (Fsp3) is 0.952. The molecule has 1 spiro atoms. The van der Waals surface area contributed by atoms with Gasteiger partial charge in [0.25, 0.3) is 0 Å². The largest absolute Gasteiger partial charge is 0.469 e. The van der Waals surface area contributed by atoms with E-state index in [1.165, 1.54) is 44.9 Å². The highest BCUT2D eigenvalue weighted by atomic mass is 16.5. The first-order valence-electron chi connectivity index (χ1n) is 10.1. The lowest BCUT2D eigenvalue weighted by atomic mass is 9.36. The molecule has 7 atom stereocenters. The molecule has 3 nitrogen and oxygen atoms in total. The Morgan fingerprint density at radius 2 is 1.88 bits per heavy atom. The Hall–Kier alpha value is -0.570. The quantitative estimate of drug-likeness (QED) is 0.771. The maximum atomic E-state index is 12.6. The molecule has 0 aromatic carbocycles. The number of methoxy groups -OCH3 is 1. The molecule has 0 heterocycles. The van der Waals surface area contributed by atoms with Gasteiger partial charge < -0.3 is 9.84 Å². The Morgan fingerprint density at radius 3 is 2.58 bits per heavy atom. The molecule has 136 valence electrons. The van der Waals surface area contributed by atoms with Crippen LogP contribution in [0, 0.1) is 39.9 Å². The topological polar surface area (TPSA) is 46.5 Å². The summed E-state index contributed by atoms with van der Waals surface area (Å²) in [7, 11) is 1.55. The maximum Gasteiger partial charge on any atom is 0.311 e. The van der Waals surface area contributed by atoms with Crippen molar-refractivity contribution in [3.63, 3.8) is 0 Å². The van der Waals surface area contributed by atoms with E-state index in [1.807, 2.05) is 0 Å². The number of hydrogen-bond donors (Lipinski definition) is 1. The van der Waals surface area contributed by atoms with Gasteiger partial charge in [0.05, 0.1) is 12.5 Å². The van der Waals surface area contributed by atoms with Crippen molar-refractivity contribution in [3.05, 3.63) is 0 Å². The fourth-order valence-electron chi connectivity index (χ4n) is 8.15. The summed E-state index contributed by atoms with van der Waals surface area (Å²) in [5, 5.41) is 9.82. The van der Waals surface area contributed by atoms with Crippen LogP contribution in [0.5, 0.6) is 0 Å². The first kappa shape index (κ1) is 16.9. The van der Waals surface area contributed by atoms with Gasteiger partial charge in [-0.05, 0) is 92.8 Å². The van der Waals surface area contributed by atoms with Crippen LogP contribution in [0.15, 0.2) is 0 Å². The molecule has 5 aliphatic carbocycles. The number of fused-ring (bicyclic) bond motifs is 3. The van der Waals surface area contributed by atoms with Gasteiger partial charge in [-0.15, -0.1) is 0 Å². The van der Waals surface area contributed by atoms with Crippen molar-refractivity contribution in [1.82, 2.24) is 0 Å². The molecular formula is C21H34O3. The molecule has 5 saturated carbocycles. The Kier molecular flexibility index (Phi) is 3.84. The zero-order valence-corrected chi connectivity index (χ0v) is 15.6. The summed E-state index contributed by atoms with van der Waals surface area (Å²) >= 11 is 0. The second kappa shape index (κ2) is 5.46. The smallest absolute Gasteiger partial charge is 0.311 e. The maximum absolute atomic E-state index is 12.6. The van der Waals surface area contributed by atoms with Crippen molar-refractivity contribution in [1.29, 1.82) is 0 Å². The van der Waals surface area contributed by atoms with E-state index < -0.39 is 0 Å². The Labute approximate surface area is 146 Å². The zero-order valence-electron chi connectivity index (χ0n) is 15.6. The van der Waals surface area contributed by atoms with Crippen LogP contribution in [0.25, 0.3) is 0 Å². The molecule has 5 aliphatic rings. The van der Waals surface area contributed by atoms with Gasteiger partial charge in [-0.3, -0.25) is 4.79 Å². The molecule has 0 aromatic heterocycles. The molecule has 3 heteroatoms. The number of carbonyl (C=O) groups is 1. The van der Waals surface area contributed by atoms with E-state index in [0.717, 1.165) is 18.8 Å². The predicted octanol–water partition coefficient (Wildman–Crippen LogP) is 4.18. The van der Waals surface area contributed by atoms with Gasteiger partial charge in [0, 0.05) is 6.61 Å². The number of aliphatic hydroxyl groups is 1. The molecule has 5 rings (SSSR count). The lowest BCUT2D eigenvalue weighted by Crippen LogP contribution is -2.62. The van der Waals surface area contributed by atoms with E-state index in [4.69, 9.17) is 4.74 Å². The Bertz CT molecular complexity index is 531. The predicted molar refractivity (Wildman–Crippen MR) is 93.3 cm³/mol. The number of rotatable bonds is 2. The number of aliphatic hydroxyl groups excluding tert-OH is 1. The third-order valence-corrected chi connectivity index (χ3v) is 9.22. The van der Waals surface area contributed by atoms with Crippen LogP contribution < -0.4 is 0 Å². The highest BCUT2D eigenvalue weighted by Crippen LogP contribution is 2.72. The lowest BCUT2D eigenvalue weighted by molar-refractivity contribution is -0.208. The molecule has 0 radical (unpaired) electrons. The third kappa shape index (κ3) is 2.03. The van der Waals surface area contributed by atoms with E-state index in [9.17, 15) is 9.90 Å². The Morgan fingerprint density at radius 1 is 1.12 bits per heavy atom. The van der Waals surface area contributed by atoms with Gasteiger partial charge in [0.2, 0.25) is 0 Å². The third-order valence-electron chi connectivity index (χ3n) is 9.22. The number of ether oxygens (including phenoxy) is 1. The van der Waals surface area contributed by atoms with Gasteiger partial charge in [-0.1, -0.05) is 13.3 Å². The van der Waals surface area contributed by atoms with Crippen LogP contribution >= 0.6 is 0 Å². The van der Waals surface area contributed by atoms with E-state index in [0.29, 0.717) is 29.8 Å². The van der Waals surface area contributed by atoms with Crippen LogP contribution in [0.3, 0.4) is 0 Å². The zero-order chi connectivity index (χ0) is 17.2. The molecule has 24 heavy (non-hydrogen) atoms. The average Bonchev–Trinajstić information content (AvgIpc) is 2.60. The number of esters is 1. The summed E-state index contributed by atoms with van der Waals surface area (Å²) in [4.78, 5) is 12.6. The summed E-state index contributed by atoms with van der Waals surface area (Å²) in [6, 6.07) is 0. The van der Waals surface area contributed by atoms with Crippen molar-refractivity contribution in [3.8, 4) is 0 Å². The monoisotopic (exact) mass is 334 g/mol. The normalized spacial score (nSPS) is 53.2. The van der Waals surface area contributed by atoms with E-state index >= 15 is 0 Å². The first-order chi connectivity index (χ1) is 11.4. The summed E-state index contributed by atoms with van der Waals surface area (Å²) in [6.07, 6.45) is 11.0. The molecule has 0 saturated heterocycles. The molecule has 2 bridgehead atoms. The molecule has 7 unspecified atom stereocenters. The SMILES string of the molecule is COC(=O)C1(C)CCCC2(C)C3CC4CCC3(CCC12)CC4CO. The fourth-order valence-corrected chi connectivity index (χ4v) is 8.15. The first-order valence-corrected chi connectivity index (χ1v) is 10.1. The van der Waals surface area contributed by atoms with Crippen molar-refractivity contribution in [2.45, 2.75) is 71.6 Å². The molecular weight excluding hydrogens is 300 g/mol. The van der Waals surface area contributed by atoms with Crippen molar-refractivity contribution >= 4 is 5.97 Å². The van der Waals surface area contributed by atoms with E-state index in [2.05, 4.69) is 13.8 Å². The number of hydrogen-bond acceptors (Lipinski definition) is 3. The van der Waals surface area contributed by atoms with Gasteiger partial charge in [0.1, 0.15) is 0 Å². The summed E-state index contributed by atoms with van der Waals surface area (Å²) in [5.74, 6) is 2.47. The lowest BCUT2D eigenvalue weighted by Gasteiger charge is -2.68. The minimum absolute atomic E-state index is 0.0172. The summed E-state index contributed by atoms with van der Waals surface area (Å²) in [5.41, 5.74) is 0.427.